The van der Waals surface area contributed by atoms with Crippen molar-refractivity contribution in [3.8, 4) is 23.0 Å². The van der Waals surface area contributed by atoms with E-state index in [2.05, 4.69) is 51.3 Å². The summed E-state index contributed by atoms with van der Waals surface area (Å²) in [6, 6.07) is 10.6. The molecule has 1 aliphatic heterocycles. The maximum absolute atomic E-state index is 12.9. The number of anilines is 1. The van der Waals surface area contributed by atoms with Gasteiger partial charge in [0.2, 0.25) is 0 Å². The number of hydrogen-bond donors (Lipinski definition) is 3. The summed E-state index contributed by atoms with van der Waals surface area (Å²) in [4.78, 5) is 19.6. The highest BCUT2D eigenvalue weighted by molar-refractivity contribution is 5.99. The highest BCUT2D eigenvalue weighted by atomic mass is 16.3. The van der Waals surface area contributed by atoms with E-state index in [-0.39, 0.29) is 29.3 Å². The summed E-state index contributed by atoms with van der Waals surface area (Å²) in [6.07, 6.45) is 5.75. The van der Waals surface area contributed by atoms with Crippen LogP contribution in [0.15, 0.2) is 36.5 Å². The zero-order chi connectivity index (χ0) is 23.0. The minimum atomic E-state index is -0.251. The van der Waals surface area contributed by atoms with Gasteiger partial charge in [-0.3, -0.25) is 9.69 Å². The lowest BCUT2D eigenvalue weighted by atomic mass is 9.92. The van der Waals surface area contributed by atoms with Gasteiger partial charge in [0.15, 0.2) is 0 Å². The van der Waals surface area contributed by atoms with E-state index in [1.807, 2.05) is 13.0 Å². The van der Waals surface area contributed by atoms with Crippen LogP contribution < -0.4 is 11.1 Å². The smallest absolute Gasteiger partial charge is 0.255 e. The van der Waals surface area contributed by atoms with Gasteiger partial charge in [-0.25, -0.2) is 4.98 Å². The number of nitrogens with two attached hydrogens (primary N) is 1. The SMILES string of the molecule is CC#CCN1C[C@@H]2C[C@]2(c2ccc(-c3cnc(N)c(C(=O)N[C@H]4CC[C@H](O)CC4)c3)cc2)C1. The highest BCUT2D eigenvalue weighted by Gasteiger charge is 2.60. The molecule has 5 rings (SSSR count). The number of aliphatic hydroxyl groups is 1. The predicted molar refractivity (Wildman–Crippen MR) is 129 cm³/mol. The van der Waals surface area contributed by atoms with Crippen LogP contribution in [0.1, 0.15) is 54.9 Å². The second-order valence-corrected chi connectivity index (χ2v) is 9.87. The first-order valence-electron chi connectivity index (χ1n) is 12.0. The number of hydrogen-bond acceptors (Lipinski definition) is 5. The van der Waals surface area contributed by atoms with Gasteiger partial charge in [0.05, 0.1) is 18.2 Å². The van der Waals surface area contributed by atoms with E-state index < -0.39 is 0 Å². The number of fused-ring (bicyclic) bond motifs is 1. The highest BCUT2D eigenvalue weighted by Crippen LogP contribution is 2.59. The zero-order valence-electron chi connectivity index (χ0n) is 19.2. The predicted octanol–water partition coefficient (Wildman–Crippen LogP) is 2.96. The molecule has 2 saturated carbocycles. The number of aliphatic hydroxyl groups excluding tert-OH is 1. The van der Waals surface area contributed by atoms with Crippen LogP contribution in [0.3, 0.4) is 0 Å². The molecule has 2 heterocycles. The molecule has 2 atom stereocenters. The third-order valence-corrected chi connectivity index (χ3v) is 7.68. The number of nitrogens with one attached hydrogen (secondary N) is 1. The summed E-state index contributed by atoms with van der Waals surface area (Å²) in [5.74, 6) is 6.97. The van der Waals surface area contributed by atoms with Gasteiger partial charge in [-0.1, -0.05) is 30.2 Å². The van der Waals surface area contributed by atoms with Crippen LogP contribution in [0.5, 0.6) is 0 Å². The van der Waals surface area contributed by atoms with Crippen molar-refractivity contribution in [2.75, 3.05) is 25.4 Å². The number of carbonyl (C=O) groups excluding carboxylic acids is 1. The fourth-order valence-corrected chi connectivity index (χ4v) is 5.64. The van der Waals surface area contributed by atoms with Crippen LogP contribution in [-0.2, 0) is 5.41 Å². The normalized spacial score (nSPS) is 28.5. The molecule has 1 amide bonds. The lowest BCUT2D eigenvalue weighted by Gasteiger charge is -2.26. The van der Waals surface area contributed by atoms with E-state index in [4.69, 9.17) is 5.73 Å². The van der Waals surface area contributed by atoms with Gasteiger partial charge >= 0.3 is 0 Å². The molecule has 0 bridgehead atoms. The Labute approximate surface area is 195 Å². The monoisotopic (exact) mass is 444 g/mol. The number of nitrogen functional groups attached to an aromatic ring is 1. The van der Waals surface area contributed by atoms with Crippen molar-refractivity contribution in [2.45, 2.75) is 56.6 Å². The maximum atomic E-state index is 12.9. The van der Waals surface area contributed by atoms with E-state index >= 15 is 0 Å². The number of nitrogens with zero attached hydrogens (tertiary/aromatic N) is 2. The maximum Gasteiger partial charge on any atom is 0.255 e. The molecule has 6 heteroatoms. The first-order valence-corrected chi connectivity index (χ1v) is 12.0. The Balaban J connectivity index is 1.29. The standard InChI is InChI=1S/C27H32N4O2/c1-2-3-12-31-16-21-14-27(21,17-31)20-6-4-18(5-7-20)19-13-24(25(28)29-15-19)26(33)30-22-8-10-23(32)11-9-22/h4-7,13,15,21-23,32H,8-12,14,16-17H2,1H3,(H2,28,29)(H,30,33)/t21-,22-,23-,27+/m0/s1. The largest absolute Gasteiger partial charge is 0.393 e. The summed E-state index contributed by atoms with van der Waals surface area (Å²) >= 11 is 0. The average Bonchev–Trinajstić information content (AvgIpc) is 3.40. The van der Waals surface area contributed by atoms with E-state index in [0.717, 1.165) is 62.4 Å². The lowest BCUT2D eigenvalue weighted by Crippen LogP contribution is -2.38. The third-order valence-electron chi connectivity index (χ3n) is 7.68. The van der Waals surface area contributed by atoms with Crippen molar-refractivity contribution in [1.82, 2.24) is 15.2 Å². The molecular weight excluding hydrogens is 412 g/mol. The zero-order valence-corrected chi connectivity index (χ0v) is 19.2. The second kappa shape index (κ2) is 8.81. The fourth-order valence-electron chi connectivity index (χ4n) is 5.64. The molecule has 0 unspecified atom stereocenters. The van der Waals surface area contributed by atoms with Crippen molar-refractivity contribution in [3.05, 3.63) is 47.7 Å². The third kappa shape index (κ3) is 4.36. The molecule has 3 aliphatic rings. The number of amides is 1. The van der Waals surface area contributed by atoms with Gasteiger partial charge in [0.25, 0.3) is 5.91 Å². The molecule has 1 aromatic carbocycles. The Hall–Kier alpha value is -2.88. The molecule has 1 aromatic heterocycles. The van der Waals surface area contributed by atoms with Crippen molar-refractivity contribution >= 4 is 11.7 Å². The Kier molecular flexibility index (Phi) is 5.86. The second-order valence-electron chi connectivity index (χ2n) is 9.87. The van der Waals surface area contributed by atoms with Crippen molar-refractivity contribution in [2.24, 2.45) is 5.92 Å². The first-order chi connectivity index (χ1) is 16.0. The molecule has 0 radical (unpaired) electrons. The molecule has 0 spiro atoms. The molecular formula is C27H32N4O2. The van der Waals surface area contributed by atoms with Gasteiger partial charge in [-0.05, 0) is 62.1 Å². The molecule has 4 N–H and O–H groups in total. The van der Waals surface area contributed by atoms with Crippen molar-refractivity contribution in [3.63, 3.8) is 0 Å². The van der Waals surface area contributed by atoms with Crippen LogP contribution in [0.25, 0.3) is 11.1 Å². The van der Waals surface area contributed by atoms with Gasteiger partial charge in [0, 0.05) is 36.3 Å². The van der Waals surface area contributed by atoms with Gasteiger partial charge in [-0.2, -0.15) is 0 Å². The molecule has 33 heavy (non-hydrogen) atoms. The average molecular weight is 445 g/mol. The summed E-state index contributed by atoms with van der Waals surface area (Å²) < 4.78 is 0. The minimum Gasteiger partial charge on any atom is -0.393 e. The van der Waals surface area contributed by atoms with Gasteiger partial charge in [-0.15, -0.1) is 5.92 Å². The number of likely N-dealkylation sites (tertiary alicyclic amines) is 1. The quantitative estimate of drug-likeness (QED) is 0.617. The Morgan fingerprint density at radius 3 is 2.73 bits per heavy atom. The molecule has 3 fully saturated rings. The van der Waals surface area contributed by atoms with Crippen LogP contribution in [0.2, 0.25) is 0 Å². The van der Waals surface area contributed by atoms with Gasteiger partial charge in [0.1, 0.15) is 5.82 Å². The number of aromatic nitrogens is 1. The molecule has 2 aromatic rings. The molecule has 6 nitrogen and oxygen atoms in total. The summed E-state index contributed by atoms with van der Waals surface area (Å²) in [7, 11) is 0. The topological polar surface area (TPSA) is 91.5 Å². The molecule has 172 valence electrons. The van der Waals surface area contributed by atoms with E-state index in [9.17, 15) is 9.90 Å². The Morgan fingerprint density at radius 1 is 1.24 bits per heavy atom. The fraction of sp³-hybridized carbons (Fsp3) is 0.481. The van der Waals surface area contributed by atoms with Crippen LogP contribution >= 0.6 is 0 Å². The number of piperidine rings is 1. The summed E-state index contributed by atoms with van der Waals surface area (Å²) in [6.45, 7) is 4.97. The Bertz CT molecular complexity index is 1100. The number of pyridine rings is 1. The molecule has 2 aliphatic carbocycles. The van der Waals surface area contributed by atoms with Crippen molar-refractivity contribution < 1.29 is 9.90 Å². The number of carbonyl (C=O) groups is 1. The van der Waals surface area contributed by atoms with Crippen LogP contribution in [-0.4, -0.2) is 52.7 Å². The summed E-state index contributed by atoms with van der Waals surface area (Å²) in [5, 5.41) is 12.8. The van der Waals surface area contributed by atoms with Crippen LogP contribution in [0.4, 0.5) is 5.82 Å². The summed E-state index contributed by atoms with van der Waals surface area (Å²) in [5.41, 5.74) is 10.0. The van der Waals surface area contributed by atoms with Gasteiger partial charge < -0.3 is 16.2 Å². The Morgan fingerprint density at radius 2 is 2.00 bits per heavy atom. The van der Waals surface area contributed by atoms with Crippen LogP contribution in [0, 0.1) is 17.8 Å². The van der Waals surface area contributed by atoms with E-state index in [1.165, 1.54) is 12.0 Å². The number of benzene rings is 1. The lowest BCUT2D eigenvalue weighted by molar-refractivity contribution is 0.0868. The minimum absolute atomic E-state index is 0.0725. The first kappa shape index (κ1) is 21.9. The van der Waals surface area contributed by atoms with E-state index in [1.54, 1.807) is 6.20 Å². The van der Waals surface area contributed by atoms with E-state index in [0.29, 0.717) is 5.56 Å². The van der Waals surface area contributed by atoms with Crippen molar-refractivity contribution in [1.29, 1.82) is 0 Å². The molecule has 1 saturated heterocycles. The number of rotatable bonds is 5.